The second-order valence-electron chi connectivity index (χ2n) is 3.83. The van der Waals surface area contributed by atoms with Crippen LogP contribution in [0.2, 0.25) is 0 Å². The second-order valence-corrected chi connectivity index (χ2v) is 3.83. The van der Waals surface area contributed by atoms with Gasteiger partial charge in [0.1, 0.15) is 12.4 Å². The number of aryl methyl sites for hydroxylation is 1. The van der Waals surface area contributed by atoms with E-state index >= 15 is 0 Å². The Balaban J connectivity index is 2.19. The van der Waals surface area contributed by atoms with E-state index in [9.17, 15) is 14.5 Å². The van der Waals surface area contributed by atoms with E-state index in [0.29, 0.717) is 6.54 Å². The molecule has 19 heavy (non-hydrogen) atoms. The molecular weight excluding hydrogens is 253 g/mol. The van der Waals surface area contributed by atoms with Crippen molar-refractivity contribution in [1.29, 1.82) is 0 Å². The standard InChI is InChI=1S/C12H12FN3O3/c1-2-15-8-14-6-10(15)7-19-12-5-9(13)3-4-11(12)16(17)18/h3-6,8H,2,7H2,1H3. The Kier molecular flexibility index (Phi) is 3.74. The van der Waals surface area contributed by atoms with Crippen LogP contribution in [-0.2, 0) is 13.2 Å². The normalized spacial score (nSPS) is 10.4. The number of imidazole rings is 1. The third-order valence-corrected chi connectivity index (χ3v) is 2.63. The average molecular weight is 265 g/mol. The minimum absolute atomic E-state index is 0.0890. The summed E-state index contributed by atoms with van der Waals surface area (Å²) < 4.78 is 20.3. The van der Waals surface area contributed by atoms with Crippen LogP contribution >= 0.6 is 0 Å². The zero-order valence-corrected chi connectivity index (χ0v) is 10.2. The highest BCUT2D eigenvalue weighted by Gasteiger charge is 2.16. The maximum Gasteiger partial charge on any atom is 0.311 e. The molecule has 0 unspecified atom stereocenters. The molecule has 0 spiro atoms. The molecule has 0 saturated heterocycles. The van der Waals surface area contributed by atoms with Crippen LogP contribution in [0.1, 0.15) is 12.6 Å². The molecule has 0 radical (unpaired) electrons. The van der Waals surface area contributed by atoms with E-state index in [1.165, 1.54) is 0 Å². The van der Waals surface area contributed by atoms with Gasteiger partial charge in [-0.05, 0) is 13.0 Å². The number of aromatic nitrogens is 2. The minimum atomic E-state index is -0.605. The zero-order valence-electron chi connectivity index (χ0n) is 10.2. The van der Waals surface area contributed by atoms with E-state index in [0.717, 1.165) is 23.9 Å². The molecule has 0 aliphatic carbocycles. The SMILES string of the molecule is CCn1cncc1COc1cc(F)ccc1[N+](=O)[O-]. The summed E-state index contributed by atoms with van der Waals surface area (Å²) in [7, 11) is 0. The molecule has 0 saturated carbocycles. The van der Waals surface area contributed by atoms with Crippen molar-refractivity contribution in [2.45, 2.75) is 20.1 Å². The second kappa shape index (κ2) is 5.47. The highest BCUT2D eigenvalue weighted by atomic mass is 19.1. The summed E-state index contributed by atoms with van der Waals surface area (Å²) in [5.41, 5.74) is 0.505. The number of nitro benzene ring substituents is 1. The van der Waals surface area contributed by atoms with Crippen LogP contribution in [0.5, 0.6) is 5.75 Å². The Morgan fingerprint density at radius 3 is 3.00 bits per heavy atom. The first kappa shape index (κ1) is 13.0. The van der Waals surface area contributed by atoms with Gasteiger partial charge in [0.15, 0.2) is 5.75 Å². The first-order valence-electron chi connectivity index (χ1n) is 5.67. The van der Waals surface area contributed by atoms with Crippen molar-refractivity contribution in [1.82, 2.24) is 9.55 Å². The summed E-state index contributed by atoms with van der Waals surface area (Å²) in [5.74, 6) is -0.668. The van der Waals surface area contributed by atoms with Crippen LogP contribution in [0, 0.1) is 15.9 Å². The van der Waals surface area contributed by atoms with Gasteiger partial charge in [0, 0.05) is 18.7 Å². The zero-order chi connectivity index (χ0) is 13.8. The largest absolute Gasteiger partial charge is 0.480 e. The summed E-state index contributed by atoms with van der Waals surface area (Å²) in [6, 6.07) is 3.12. The van der Waals surface area contributed by atoms with Gasteiger partial charge in [-0.3, -0.25) is 10.1 Å². The van der Waals surface area contributed by atoms with E-state index < -0.39 is 10.7 Å². The van der Waals surface area contributed by atoms with Gasteiger partial charge in [0.25, 0.3) is 0 Å². The number of nitro groups is 1. The molecule has 6 nitrogen and oxygen atoms in total. The first-order valence-corrected chi connectivity index (χ1v) is 5.67. The Hall–Kier alpha value is -2.44. The third-order valence-electron chi connectivity index (χ3n) is 2.63. The number of benzene rings is 1. The number of nitrogens with zero attached hydrogens (tertiary/aromatic N) is 3. The van der Waals surface area contributed by atoms with E-state index in [2.05, 4.69) is 4.98 Å². The smallest absolute Gasteiger partial charge is 0.311 e. The lowest BCUT2D eigenvalue weighted by Crippen LogP contribution is -2.05. The summed E-state index contributed by atoms with van der Waals surface area (Å²) >= 11 is 0. The lowest BCUT2D eigenvalue weighted by Gasteiger charge is -2.08. The average Bonchev–Trinajstić information content (AvgIpc) is 2.83. The summed E-state index contributed by atoms with van der Waals surface area (Å²) in [4.78, 5) is 14.2. The maximum absolute atomic E-state index is 13.1. The quantitative estimate of drug-likeness (QED) is 0.615. The Labute approximate surface area is 108 Å². The van der Waals surface area contributed by atoms with Gasteiger partial charge >= 0.3 is 5.69 Å². The number of hydrogen-bond acceptors (Lipinski definition) is 4. The molecule has 2 rings (SSSR count). The molecule has 7 heteroatoms. The lowest BCUT2D eigenvalue weighted by atomic mass is 10.3. The Morgan fingerprint density at radius 1 is 1.53 bits per heavy atom. The van der Waals surface area contributed by atoms with Crippen molar-refractivity contribution >= 4 is 5.69 Å². The fraction of sp³-hybridized carbons (Fsp3) is 0.250. The van der Waals surface area contributed by atoms with Gasteiger partial charge in [-0.25, -0.2) is 9.37 Å². The maximum atomic E-state index is 13.1. The van der Waals surface area contributed by atoms with Crippen LogP contribution in [0.3, 0.4) is 0 Å². The minimum Gasteiger partial charge on any atom is -0.480 e. The molecule has 0 bridgehead atoms. The number of halogens is 1. The van der Waals surface area contributed by atoms with Crippen molar-refractivity contribution < 1.29 is 14.1 Å². The van der Waals surface area contributed by atoms with Gasteiger partial charge in [-0.1, -0.05) is 0 Å². The van der Waals surface area contributed by atoms with Gasteiger partial charge in [-0.2, -0.15) is 0 Å². The van der Waals surface area contributed by atoms with Crippen LogP contribution in [0.25, 0.3) is 0 Å². The number of hydrogen-bond donors (Lipinski definition) is 0. The highest BCUT2D eigenvalue weighted by molar-refractivity contribution is 5.46. The molecular formula is C12H12FN3O3. The fourth-order valence-corrected chi connectivity index (χ4v) is 1.66. The Bertz CT molecular complexity index is 598. The van der Waals surface area contributed by atoms with E-state index in [-0.39, 0.29) is 18.0 Å². The van der Waals surface area contributed by atoms with Crippen LogP contribution in [0.4, 0.5) is 10.1 Å². The molecule has 0 amide bonds. The predicted octanol–water partition coefficient (Wildman–Crippen LogP) is 2.53. The molecule has 1 heterocycles. The Morgan fingerprint density at radius 2 is 2.32 bits per heavy atom. The van der Waals surface area contributed by atoms with E-state index in [1.54, 1.807) is 12.5 Å². The summed E-state index contributed by atoms with van der Waals surface area (Å²) in [5, 5.41) is 10.8. The molecule has 0 aliphatic heterocycles. The van der Waals surface area contributed by atoms with Crippen molar-refractivity contribution in [2.24, 2.45) is 0 Å². The fourth-order valence-electron chi connectivity index (χ4n) is 1.66. The van der Waals surface area contributed by atoms with Crippen molar-refractivity contribution in [3.63, 3.8) is 0 Å². The molecule has 1 aromatic heterocycles. The summed E-state index contributed by atoms with van der Waals surface area (Å²) in [6.45, 7) is 2.75. The van der Waals surface area contributed by atoms with Crippen LogP contribution < -0.4 is 4.74 Å². The van der Waals surface area contributed by atoms with Crippen molar-refractivity contribution in [3.05, 3.63) is 52.3 Å². The van der Waals surface area contributed by atoms with E-state index in [4.69, 9.17) is 4.74 Å². The highest BCUT2D eigenvalue weighted by Crippen LogP contribution is 2.28. The molecule has 100 valence electrons. The third kappa shape index (κ3) is 2.87. The summed E-state index contributed by atoms with van der Waals surface area (Å²) in [6.07, 6.45) is 3.24. The molecule has 0 N–H and O–H groups in total. The van der Waals surface area contributed by atoms with Crippen molar-refractivity contribution in [2.75, 3.05) is 0 Å². The predicted molar refractivity (Wildman–Crippen MR) is 65.3 cm³/mol. The van der Waals surface area contributed by atoms with Crippen LogP contribution in [0.15, 0.2) is 30.7 Å². The van der Waals surface area contributed by atoms with Gasteiger partial charge in [0.05, 0.1) is 23.1 Å². The molecule has 1 aromatic carbocycles. The number of rotatable bonds is 5. The monoisotopic (exact) mass is 265 g/mol. The topological polar surface area (TPSA) is 70.2 Å². The van der Waals surface area contributed by atoms with Gasteiger partial charge in [-0.15, -0.1) is 0 Å². The van der Waals surface area contributed by atoms with Gasteiger partial charge in [0.2, 0.25) is 0 Å². The molecule has 2 aromatic rings. The molecule has 0 fully saturated rings. The van der Waals surface area contributed by atoms with Gasteiger partial charge < -0.3 is 9.30 Å². The number of ether oxygens (including phenoxy) is 1. The molecule has 0 atom stereocenters. The van der Waals surface area contributed by atoms with Crippen molar-refractivity contribution in [3.8, 4) is 5.75 Å². The van der Waals surface area contributed by atoms with Crippen LogP contribution in [-0.4, -0.2) is 14.5 Å². The van der Waals surface area contributed by atoms with E-state index in [1.807, 2.05) is 11.5 Å². The molecule has 0 aliphatic rings. The first-order chi connectivity index (χ1) is 9.11. The lowest BCUT2D eigenvalue weighted by molar-refractivity contribution is -0.386.